The van der Waals surface area contributed by atoms with Crippen molar-refractivity contribution < 1.29 is 0 Å². The van der Waals surface area contributed by atoms with E-state index in [0.717, 1.165) is 11.8 Å². The number of hydrogen-bond acceptors (Lipinski definition) is 1. The van der Waals surface area contributed by atoms with Crippen LogP contribution in [0.5, 0.6) is 0 Å². The quantitative estimate of drug-likeness (QED) is 0.616. The fourth-order valence-corrected chi connectivity index (χ4v) is 2.10. The molecule has 0 aliphatic rings. The maximum Gasteiger partial charge on any atom is 0.155 e. The SMILES string of the molecule is ClC(Cl)SC(Cl)Cl. The van der Waals surface area contributed by atoms with Crippen LogP contribution in [0.4, 0.5) is 0 Å². The topological polar surface area (TPSA) is 0 Å². The highest BCUT2D eigenvalue weighted by Crippen LogP contribution is 2.28. The van der Waals surface area contributed by atoms with E-state index in [0.29, 0.717) is 0 Å². The van der Waals surface area contributed by atoms with Gasteiger partial charge < -0.3 is 0 Å². The van der Waals surface area contributed by atoms with Crippen LogP contribution in [-0.4, -0.2) is 8.34 Å². The second kappa shape index (κ2) is 4.39. The van der Waals surface area contributed by atoms with Crippen molar-refractivity contribution in [2.45, 2.75) is 8.34 Å². The van der Waals surface area contributed by atoms with Crippen LogP contribution in [0.2, 0.25) is 0 Å². The smallest absolute Gasteiger partial charge is 0.0931 e. The predicted molar refractivity (Wildman–Crippen MR) is 38.6 cm³/mol. The number of rotatable bonds is 2. The van der Waals surface area contributed by atoms with E-state index in [-0.39, 0.29) is 0 Å². The maximum atomic E-state index is 5.23. The van der Waals surface area contributed by atoms with Gasteiger partial charge in [0.2, 0.25) is 0 Å². The molecule has 0 unspecified atom stereocenters. The summed E-state index contributed by atoms with van der Waals surface area (Å²) in [4.78, 5) is 0. The van der Waals surface area contributed by atoms with Gasteiger partial charge in [-0.1, -0.05) is 58.2 Å². The molecule has 0 saturated heterocycles. The van der Waals surface area contributed by atoms with Crippen molar-refractivity contribution in [2.75, 3.05) is 0 Å². The van der Waals surface area contributed by atoms with Gasteiger partial charge in [-0.2, -0.15) is 0 Å². The average molecular weight is 200 g/mol. The zero-order chi connectivity index (χ0) is 5.86. The first-order valence-corrected chi connectivity index (χ1v) is 4.03. The second-order valence-electron chi connectivity index (χ2n) is 0.657. The van der Waals surface area contributed by atoms with Crippen LogP contribution in [-0.2, 0) is 0 Å². The molecule has 0 aliphatic heterocycles. The van der Waals surface area contributed by atoms with Crippen LogP contribution in [0.3, 0.4) is 0 Å². The van der Waals surface area contributed by atoms with E-state index in [9.17, 15) is 0 Å². The molecule has 0 aromatic carbocycles. The van der Waals surface area contributed by atoms with Crippen LogP contribution in [0.15, 0.2) is 0 Å². The molecule has 0 amide bonds. The summed E-state index contributed by atoms with van der Waals surface area (Å²) in [5.41, 5.74) is 0. The molecule has 0 saturated carbocycles. The summed E-state index contributed by atoms with van der Waals surface area (Å²) >= 11 is 22.0. The van der Waals surface area contributed by atoms with Crippen molar-refractivity contribution >= 4 is 58.2 Å². The van der Waals surface area contributed by atoms with Gasteiger partial charge in [0, 0.05) is 0 Å². The molecule has 0 nitrogen and oxygen atoms in total. The summed E-state index contributed by atoms with van der Waals surface area (Å²) in [7, 11) is 0. The Hall–Kier alpha value is 1.51. The molecule has 5 heteroatoms. The van der Waals surface area contributed by atoms with Gasteiger partial charge in [0.15, 0.2) is 8.34 Å². The van der Waals surface area contributed by atoms with Crippen molar-refractivity contribution in [3.63, 3.8) is 0 Å². The molecular formula is C2H2Cl4S. The summed E-state index contributed by atoms with van der Waals surface area (Å²) in [6, 6.07) is 0. The van der Waals surface area contributed by atoms with E-state index in [2.05, 4.69) is 0 Å². The molecule has 0 fully saturated rings. The zero-order valence-corrected chi connectivity index (χ0v) is 6.92. The van der Waals surface area contributed by atoms with Crippen molar-refractivity contribution in [1.29, 1.82) is 0 Å². The summed E-state index contributed by atoms with van der Waals surface area (Å²) < 4.78 is -1.06. The molecule has 0 aliphatic carbocycles. The highest BCUT2D eigenvalue weighted by molar-refractivity contribution is 8.05. The Morgan fingerprint density at radius 2 is 1.14 bits per heavy atom. The third-order valence-corrected chi connectivity index (χ3v) is 1.85. The van der Waals surface area contributed by atoms with Crippen molar-refractivity contribution in [2.24, 2.45) is 0 Å². The van der Waals surface area contributed by atoms with Crippen LogP contribution in [0, 0.1) is 0 Å². The number of hydrogen-bond donors (Lipinski definition) is 0. The minimum atomic E-state index is -0.528. The summed E-state index contributed by atoms with van der Waals surface area (Å²) in [5, 5.41) is 0. The zero-order valence-electron chi connectivity index (χ0n) is 3.07. The van der Waals surface area contributed by atoms with Crippen molar-refractivity contribution in [3.8, 4) is 0 Å². The molecule has 44 valence electrons. The van der Waals surface area contributed by atoms with Crippen LogP contribution >= 0.6 is 58.2 Å². The van der Waals surface area contributed by atoms with E-state index >= 15 is 0 Å². The maximum absolute atomic E-state index is 5.23. The monoisotopic (exact) mass is 198 g/mol. The van der Waals surface area contributed by atoms with Gasteiger partial charge in [-0.3, -0.25) is 0 Å². The number of alkyl halides is 4. The van der Waals surface area contributed by atoms with Gasteiger partial charge in [-0.25, -0.2) is 0 Å². The molecule has 0 atom stereocenters. The molecule has 0 aromatic heterocycles. The molecule has 7 heavy (non-hydrogen) atoms. The second-order valence-corrected chi connectivity index (χ2v) is 5.10. The van der Waals surface area contributed by atoms with Gasteiger partial charge >= 0.3 is 0 Å². The first-order valence-electron chi connectivity index (χ1n) is 1.34. The summed E-state index contributed by atoms with van der Waals surface area (Å²) in [6.07, 6.45) is 0. The van der Waals surface area contributed by atoms with Crippen LogP contribution in [0.25, 0.3) is 0 Å². The first-order chi connectivity index (χ1) is 3.13. The summed E-state index contributed by atoms with van der Waals surface area (Å²) in [6.45, 7) is 0. The Bertz CT molecular complexity index is 39.0. The lowest BCUT2D eigenvalue weighted by Crippen LogP contribution is -1.81. The number of thioether (sulfide) groups is 1. The normalized spacial score (nSPS) is 11.1. The Kier molecular flexibility index (Phi) is 5.34. The van der Waals surface area contributed by atoms with Crippen molar-refractivity contribution in [3.05, 3.63) is 0 Å². The van der Waals surface area contributed by atoms with Gasteiger partial charge in [0.1, 0.15) is 0 Å². The molecule has 0 aromatic rings. The van der Waals surface area contributed by atoms with E-state index in [1.54, 1.807) is 0 Å². The lowest BCUT2D eigenvalue weighted by Gasteiger charge is -1.97. The largest absolute Gasteiger partial charge is 0.155 e. The van der Waals surface area contributed by atoms with Gasteiger partial charge in [-0.05, 0) is 0 Å². The molecule has 0 spiro atoms. The van der Waals surface area contributed by atoms with E-state index in [1.807, 2.05) is 0 Å². The highest BCUT2D eigenvalue weighted by Gasteiger charge is 2.04. The van der Waals surface area contributed by atoms with Gasteiger partial charge in [0.05, 0.1) is 0 Å². The Labute approximate surface area is 66.4 Å². The third-order valence-electron chi connectivity index (χ3n) is 0.206. The minimum Gasteiger partial charge on any atom is -0.0931 e. The first kappa shape index (κ1) is 8.51. The van der Waals surface area contributed by atoms with E-state index < -0.39 is 8.34 Å². The molecule has 0 N–H and O–H groups in total. The lowest BCUT2D eigenvalue weighted by atomic mass is 11.8. The minimum absolute atomic E-state index is 0.528. The number of halogens is 4. The fourth-order valence-electron chi connectivity index (χ4n) is 0.0778. The summed E-state index contributed by atoms with van der Waals surface area (Å²) in [5.74, 6) is 0. The molecule has 0 bridgehead atoms. The molecule has 0 rings (SSSR count). The molecule has 0 radical (unpaired) electrons. The molecule has 0 heterocycles. The van der Waals surface area contributed by atoms with Crippen LogP contribution in [0.1, 0.15) is 0 Å². The Morgan fingerprint density at radius 1 is 0.857 bits per heavy atom. The average Bonchev–Trinajstić information content (AvgIpc) is 1.27. The molecular weight excluding hydrogens is 198 g/mol. The third kappa shape index (κ3) is 7.51. The van der Waals surface area contributed by atoms with Gasteiger partial charge in [-0.15, -0.1) is 0 Å². The highest BCUT2D eigenvalue weighted by atomic mass is 35.5. The fraction of sp³-hybridized carbons (Fsp3) is 1.00. The van der Waals surface area contributed by atoms with Crippen LogP contribution < -0.4 is 0 Å². The van der Waals surface area contributed by atoms with E-state index in [4.69, 9.17) is 46.4 Å². The lowest BCUT2D eigenvalue weighted by molar-refractivity contribution is 1.88. The Morgan fingerprint density at radius 3 is 1.14 bits per heavy atom. The van der Waals surface area contributed by atoms with Gasteiger partial charge in [0.25, 0.3) is 0 Å². The Balaban J connectivity index is 2.95. The predicted octanol–water partition coefficient (Wildman–Crippen LogP) is 3.24. The van der Waals surface area contributed by atoms with E-state index in [1.165, 1.54) is 0 Å². The standard InChI is InChI=1S/C2H2Cl4S/c3-1(4)7-2(5)6/h1-2H. The van der Waals surface area contributed by atoms with Crippen molar-refractivity contribution in [1.82, 2.24) is 0 Å².